The van der Waals surface area contributed by atoms with Crippen LogP contribution in [-0.4, -0.2) is 72.1 Å². The Kier molecular flexibility index (Phi) is 5.03. The molecular formula is C18H25N5O2. The molecule has 0 spiro atoms. The summed E-state index contributed by atoms with van der Waals surface area (Å²) in [5, 5.41) is 4.01. The molecule has 1 fully saturated rings. The number of hydrogen-bond acceptors (Lipinski definition) is 6. The first-order chi connectivity index (χ1) is 12.0. The smallest absolute Gasteiger partial charge is 0.257 e. The van der Waals surface area contributed by atoms with Crippen molar-refractivity contribution in [3.63, 3.8) is 0 Å². The molecule has 7 heteroatoms. The minimum atomic E-state index is -0.00349. The number of rotatable bonds is 4. The van der Waals surface area contributed by atoms with Gasteiger partial charge in [-0.15, -0.1) is 0 Å². The van der Waals surface area contributed by atoms with Gasteiger partial charge in [-0.3, -0.25) is 4.79 Å². The number of benzene rings is 1. The summed E-state index contributed by atoms with van der Waals surface area (Å²) in [7, 11) is 3.65. The lowest BCUT2D eigenvalue weighted by atomic mass is 10.1. The summed E-state index contributed by atoms with van der Waals surface area (Å²) < 4.78 is 5.47. The van der Waals surface area contributed by atoms with Gasteiger partial charge in [-0.1, -0.05) is 0 Å². The summed E-state index contributed by atoms with van der Waals surface area (Å²) in [6, 6.07) is 3.89. The third kappa shape index (κ3) is 3.82. The van der Waals surface area contributed by atoms with Crippen LogP contribution in [0.3, 0.4) is 0 Å². The number of ether oxygens (including phenoxy) is 1. The number of likely N-dealkylation sites (N-methyl/N-ethyl adjacent to an activating group) is 1. The van der Waals surface area contributed by atoms with E-state index in [1.54, 1.807) is 13.3 Å². The minimum Gasteiger partial charge on any atom is -0.496 e. The van der Waals surface area contributed by atoms with Gasteiger partial charge in [-0.05, 0) is 27.0 Å². The third-order valence-electron chi connectivity index (χ3n) is 4.34. The molecule has 1 aliphatic rings. The standard InChI is InChI=1S/C18H25N5O2/c1-12(2)20-18-19-11-13-9-14(16(25-4)10-15(13)21-18)17(24)23-7-5-22(3)6-8-23/h9-12H,5-8H2,1-4H3,(H,19,20,21). The molecule has 1 aromatic heterocycles. The SMILES string of the molecule is COc1cc2nc(NC(C)C)ncc2cc1C(=O)N1CCN(C)CC1. The van der Waals surface area contributed by atoms with E-state index in [1.807, 2.05) is 30.9 Å². The summed E-state index contributed by atoms with van der Waals surface area (Å²) in [4.78, 5) is 25.9. The second kappa shape index (κ2) is 7.23. The molecule has 3 rings (SSSR count). The van der Waals surface area contributed by atoms with E-state index >= 15 is 0 Å². The fraction of sp³-hybridized carbons (Fsp3) is 0.500. The predicted molar refractivity (Wildman–Crippen MR) is 98.2 cm³/mol. The fourth-order valence-electron chi connectivity index (χ4n) is 2.90. The molecule has 0 aliphatic carbocycles. The normalized spacial score (nSPS) is 15.6. The first-order valence-corrected chi connectivity index (χ1v) is 8.57. The molecule has 1 saturated heterocycles. The summed E-state index contributed by atoms with van der Waals surface area (Å²) in [5.74, 6) is 1.12. The van der Waals surface area contributed by atoms with Crippen molar-refractivity contribution in [3.8, 4) is 5.75 Å². The van der Waals surface area contributed by atoms with Crippen LogP contribution in [0.4, 0.5) is 5.95 Å². The molecule has 0 saturated carbocycles. The van der Waals surface area contributed by atoms with E-state index < -0.39 is 0 Å². The maximum Gasteiger partial charge on any atom is 0.257 e. The molecule has 1 aliphatic heterocycles. The predicted octanol–water partition coefficient (Wildman–Crippen LogP) is 1.85. The van der Waals surface area contributed by atoms with Gasteiger partial charge in [0.05, 0.1) is 18.2 Å². The summed E-state index contributed by atoms with van der Waals surface area (Å²) in [6.07, 6.45) is 1.74. The Morgan fingerprint density at radius 1 is 1.24 bits per heavy atom. The number of fused-ring (bicyclic) bond motifs is 1. The second-order valence-corrected chi connectivity index (χ2v) is 6.70. The Morgan fingerprint density at radius 2 is 1.96 bits per heavy atom. The molecule has 1 aromatic carbocycles. The molecule has 2 aromatic rings. The Labute approximate surface area is 148 Å². The van der Waals surface area contributed by atoms with Crippen molar-refractivity contribution in [1.82, 2.24) is 19.8 Å². The quantitative estimate of drug-likeness (QED) is 0.913. The van der Waals surface area contributed by atoms with Crippen LogP contribution < -0.4 is 10.1 Å². The van der Waals surface area contributed by atoms with Crippen LogP contribution in [0.2, 0.25) is 0 Å². The summed E-state index contributed by atoms with van der Waals surface area (Å²) in [5.41, 5.74) is 1.32. The zero-order chi connectivity index (χ0) is 18.0. The Hall–Kier alpha value is -2.41. The van der Waals surface area contributed by atoms with E-state index in [9.17, 15) is 4.79 Å². The highest BCUT2D eigenvalue weighted by Crippen LogP contribution is 2.27. The van der Waals surface area contributed by atoms with Crippen LogP contribution in [-0.2, 0) is 0 Å². The van der Waals surface area contributed by atoms with Gasteiger partial charge >= 0.3 is 0 Å². The van der Waals surface area contributed by atoms with Crippen molar-refractivity contribution in [2.24, 2.45) is 0 Å². The maximum absolute atomic E-state index is 12.9. The zero-order valence-electron chi connectivity index (χ0n) is 15.2. The molecule has 1 amide bonds. The molecule has 1 N–H and O–H groups in total. The highest BCUT2D eigenvalue weighted by atomic mass is 16.5. The monoisotopic (exact) mass is 343 g/mol. The average molecular weight is 343 g/mol. The molecule has 25 heavy (non-hydrogen) atoms. The third-order valence-corrected chi connectivity index (χ3v) is 4.34. The van der Waals surface area contributed by atoms with Gasteiger partial charge in [0.25, 0.3) is 5.91 Å². The van der Waals surface area contributed by atoms with E-state index in [-0.39, 0.29) is 11.9 Å². The molecule has 0 unspecified atom stereocenters. The number of hydrogen-bond donors (Lipinski definition) is 1. The molecule has 7 nitrogen and oxygen atoms in total. The number of amides is 1. The summed E-state index contributed by atoms with van der Waals surface area (Å²) in [6.45, 7) is 7.29. The van der Waals surface area contributed by atoms with Crippen LogP contribution in [0.1, 0.15) is 24.2 Å². The first kappa shape index (κ1) is 17.4. The van der Waals surface area contributed by atoms with Crippen molar-refractivity contribution < 1.29 is 9.53 Å². The van der Waals surface area contributed by atoms with E-state index in [4.69, 9.17) is 4.74 Å². The van der Waals surface area contributed by atoms with Crippen molar-refractivity contribution in [3.05, 3.63) is 23.9 Å². The molecular weight excluding hydrogens is 318 g/mol. The van der Waals surface area contributed by atoms with Gasteiger partial charge in [0.1, 0.15) is 5.75 Å². The van der Waals surface area contributed by atoms with E-state index in [0.29, 0.717) is 17.3 Å². The first-order valence-electron chi connectivity index (χ1n) is 8.57. The number of methoxy groups -OCH3 is 1. The molecule has 0 bridgehead atoms. The topological polar surface area (TPSA) is 70.6 Å². The zero-order valence-corrected chi connectivity index (χ0v) is 15.2. The molecule has 0 radical (unpaired) electrons. The molecule has 0 atom stereocenters. The van der Waals surface area contributed by atoms with Crippen LogP contribution in [0.5, 0.6) is 5.75 Å². The highest BCUT2D eigenvalue weighted by molar-refractivity contribution is 6.01. The van der Waals surface area contributed by atoms with E-state index in [1.165, 1.54) is 0 Å². The van der Waals surface area contributed by atoms with Crippen molar-refractivity contribution in [2.45, 2.75) is 19.9 Å². The number of piperazine rings is 1. The van der Waals surface area contributed by atoms with Crippen LogP contribution in [0.15, 0.2) is 18.3 Å². The number of nitrogens with one attached hydrogen (secondary N) is 1. The van der Waals surface area contributed by atoms with Crippen LogP contribution in [0.25, 0.3) is 10.9 Å². The van der Waals surface area contributed by atoms with Crippen LogP contribution in [0, 0.1) is 0 Å². The van der Waals surface area contributed by atoms with Crippen molar-refractivity contribution in [1.29, 1.82) is 0 Å². The number of carbonyl (C=O) groups excluding carboxylic acids is 1. The molecule has 134 valence electrons. The van der Waals surface area contributed by atoms with Gasteiger partial charge in [0.2, 0.25) is 5.95 Å². The van der Waals surface area contributed by atoms with Gasteiger partial charge in [0, 0.05) is 49.9 Å². The van der Waals surface area contributed by atoms with Gasteiger partial charge < -0.3 is 19.9 Å². The Morgan fingerprint density at radius 3 is 2.60 bits per heavy atom. The van der Waals surface area contributed by atoms with E-state index in [0.717, 1.165) is 37.1 Å². The highest BCUT2D eigenvalue weighted by Gasteiger charge is 2.23. The lowest BCUT2D eigenvalue weighted by molar-refractivity contribution is 0.0661. The summed E-state index contributed by atoms with van der Waals surface area (Å²) >= 11 is 0. The Bertz CT molecular complexity index is 769. The van der Waals surface area contributed by atoms with Gasteiger partial charge in [-0.2, -0.15) is 0 Å². The minimum absolute atomic E-state index is 0.00349. The number of carbonyl (C=O) groups is 1. The lowest BCUT2D eigenvalue weighted by Crippen LogP contribution is -2.47. The lowest BCUT2D eigenvalue weighted by Gasteiger charge is -2.32. The largest absolute Gasteiger partial charge is 0.496 e. The number of nitrogens with zero attached hydrogens (tertiary/aromatic N) is 4. The molecule has 2 heterocycles. The van der Waals surface area contributed by atoms with Gasteiger partial charge in [-0.25, -0.2) is 9.97 Å². The average Bonchev–Trinajstić information content (AvgIpc) is 2.60. The Balaban J connectivity index is 1.93. The van der Waals surface area contributed by atoms with Gasteiger partial charge in [0.15, 0.2) is 0 Å². The number of anilines is 1. The maximum atomic E-state index is 12.9. The van der Waals surface area contributed by atoms with Crippen molar-refractivity contribution >= 4 is 22.8 Å². The second-order valence-electron chi connectivity index (χ2n) is 6.70. The fourth-order valence-corrected chi connectivity index (χ4v) is 2.90. The van der Waals surface area contributed by atoms with Crippen molar-refractivity contribution in [2.75, 3.05) is 45.7 Å². The van der Waals surface area contributed by atoms with Crippen LogP contribution >= 0.6 is 0 Å². The number of aromatic nitrogens is 2. The van der Waals surface area contributed by atoms with E-state index in [2.05, 4.69) is 27.2 Å².